The molecule has 1 aromatic heterocycles. The van der Waals surface area contributed by atoms with E-state index in [2.05, 4.69) is 4.98 Å². The molecule has 0 radical (unpaired) electrons. The molecular formula is C13H11NO3. The summed E-state index contributed by atoms with van der Waals surface area (Å²) in [4.78, 5) is 14.7. The Balaban J connectivity index is 2.04. The molecule has 0 saturated heterocycles. The fourth-order valence-electron chi connectivity index (χ4n) is 1.36. The molecule has 0 bridgehead atoms. The van der Waals surface area contributed by atoms with Crippen molar-refractivity contribution in [1.82, 2.24) is 4.98 Å². The number of pyridine rings is 1. The first-order valence-electron chi connectivity index (χ1n) is 5.11. The molecule has 0 spiro atoms. The smallest absolute Gasteiger partial charge is 0.335 e. The fourth-order valence-corrected chi connectivity index (χ4v) is 1.36. The second-order valence-corrected chi connectivity index (χ2v) is 3.48. The van der Waals surface area contributed by atoms with Gasteiger partial charge in [0.1, 0.15) is 12.4 Å². The Morgan fingerprint density at radius 3 is 2.71 bits per heavy atom. The van der Waals surface area contributed by atoms with Gasteiger partial charge in [0.2, 0.25) is 0 Å². The van der Waals surface area contributed by atoms with Gasteiger partial charge in [0.15, 0.2) is 0 Å². The van der Waals surface area contributed by atoms with Gasteiger partial charge in [0.05, 0.1) is 5.56 Å². The van der Waals surface area contributed by atoms with E-state index in [4.69, 9.17) is 9.84 Å². The van der Waals surface area contributed by atoms with Crippen LogP contribution in [0.25, 0.3) is 0 Å². The number of hydrogen-bond acceptors (Lipinski definition) is 3. The van der Waals surface area contributed by atoms with Crippen LogP contribution >= 0.6 is 0 Å². The molecule has 0 saturated carbocycles. The molecule has 0 aliphatic heterocycles. The summed E-state index contributed by atoms with van der Waals surface area (Å²) in [5.41, 5.74) is 1.21. The number of ether oxygens (including phenoxy) is 1. The molecule has 17 heavy (non-hydrogen) atoms. The predicted octanol–water partition coefficient (Wildman–Crippen LogP) is 2.36. The van der Waals surface area contributed by atoms with Gasteiger partial charge in [-0.05, 0) is 35.9 Å². The van der Waals surface area contributed by atoms with Crippen LogP contribution in [0, 0.1) is 0 Å². The maximum absolute atomic E-state index is 10.8. The number of nitrogens with zero attached hydrogens (tertiary/aromatic N) is 1. The summed E-state index contributed by atoms with van der Waals surface area (Å²) >= 11 is 0. The molecule has 1 heterocycles. The summed E-state index contributed by atoms with van der Waals surface area (Å²) in [7, 11) is 0. The van der Waals surface area contributed by atoms with Crippen molar-refractivity contribution in [3.05, 3.63) is 59.9 Å². The highest BCUT2D eigenvalue weighted by Crippen LogP contribution is 2.14. The van der Waals surface area contributed by atoms with Gasteiger partial charge in [-0.1, -0.05) is 6.07 Å². The molecule has 4 heteroatoms. The van der Waals surface area contributed by atoms with Crippen molar-refractivity contribution in [2.45, 2.75) is 6.61 Å². The van der Waals surface area contributed by atoms with E-state index >= 15 is 0 Å². The van der Waals surface area contributed by atoms with Crippen molar-refractivity contribution in [1.29, 1.82) is 0 Å². The quantitative estimate of drug-likeness (QED) is 0.874. The van der Waals surface area contributed by atoms with Gasteiger partial charge in [-0.15, -0.1) is 0 Å². The average molecular weight is 229 g/mol. The molecule has 1 aromatic carbocycles. The monoisotopic (exact) mass is 229 g/mol. The van der Waals surface area contributed by atoms with Crippen LogP contribution < -0.4 is 4.74 Å². The maximum Gasteiger partial charge on any atom is 0.335 e. The van der Waals surface area contributed by atoms with E-state index < -0.39 is 5.97 Å². The van der Waals surface area contributed by atoms with Crippen molar-refractivity contribution < 1.29 is 14.6 Å². The van der Waals surface area contributed by atoms with Crippen LogP contribution in [0.4, 0.5) is 0 Å². The average Bonchev–Trinajstić information content (AvgIpc) is 2.38. The van der Waals surface area contributed by atoms with Crippen LogP contribution in [0.5, 0.6) is 5.75 Å². The van der Waals surface area contributed by atoms with E-state index in [0.29, 0.717) is 12.4 Å². The number of hydrogen-bond donors (Lipinski definition) is 1. The van der Waals surface area contributed by atoms with E-state index in [1.807, 2.05) is 12.1 Å². The van der Waals surface area contributed by atoms with Crippen LogP contribution in [-0.4, -0.2) is 16.1 Å². The first kappa shape index (κ1) is 11.1. The number of aromatic carboxylic acids is 1. The molecule has 0 fully saturated rings. The van der Waals surface area contributed by atoms with Gasteiger partial charge in [0.25, 0.3) is 0 Å². The van der Waals surface area contributed by atoms with Crippen LogP contribution in [0.2, 0.25) is 0 Å². The summed E-state index contributed by atoms with van der Waals surface area (Å²) in [6.07, 6.45) is 3.37. The Kier molecular flexibility index (Phi) is 3.35. The number of carboxylic acid groups (broad SMARTS) is 1. The number of carbonyl (C=O) groups is 1. The van der Waals surface area contributed by atoms with Gasteiger partial charge >= 0.3 is 5.97 Å². The zero-order chi connectivity index (χ0) is 12.1. The van der Waals surface area contributed by atoms with E-state index in [0.717, 1.165) is 5.56 Å². The zero-order valence-corrected chi connectivity index (χ0v) is 9.04. The Hall–Kier alpha value is -2.36. The van der Waals surface area contributed by atoms with E-state index in [9.17, 15) is 4.79 Å². The third-order valence-electron chi connectivity index (χ3n) is 2.24. The van der Waals surface area contributed by atoms with E-state index in [1.165, 1.54) is 12.1 Å². The summed E-state index contributed by atoms with van der Waals surface area (Å²) in [6.45, 7) is 0.394. The Morgan fingerprint density at radius 1 is 1.24 bits per heavy atom. The van der Waals surface area contributed by atoms with Gasteiger partial charge in [-0.3, -0.25) is 4.98 Å². The molecule has 0 unspecified atom stereocenters. The highest BCUT2D eigenvalue weighted by Gasteiger charge is 2.03. The Morgan fingerprint density at radius 2 is 2.00 bits per heavy atom. The number of aromatic nitrogens is 1. The second kappa shape index (κ2) is 5.12. The lowest BCUT2D eigenvalue weighted by molar-refractivity contribution is 0.0696. The highest BCUT2D eigenvalue weighted by atomic mass is 16.5. The minimum Gasteiger partial charge on any atom is -0.489 e. The highest BCUT2D eigenvalue weighted by molar-refractivity contribution is 5.87. The molecule has 0 amide bonds. The van der Waals surface area contributed by atoms with Crippen molar-refractivity contribution >= 4 is 5.97 Å². The number of benzene rings is 1. The molecule has 1 N–H and O–H groups in total. The summed E-state index contributed by atoms with van der Waals surface area (Å²) < 4.78 is 5.49. The lowest BCUT2D eigenvalue weighted by Crippen LogP contribution is -1.99. The van der Waals surface area contributed by atoms with Crippen LogP contribution in [0.15, 0.2) is 48.8 Å². The first-order valence-corrected chi connectivity index (χ1v) is 5.11. The third kappa shape index (κ3) is 3.04. The maximum atomic E-state index is 10.8. The first-order chi connectivity index (χ1) is 8.25. The molecule has 2 rings (SSSR count). The van der Waals surface area contributed by atoms with Crippen molar-refractivity contribution in [3.63, 3.8) is 0 Å². The van der Waals surface area contributed by atoms with Crippen LogP contribution in [-0.2, 0) is 6.61 Å². The normalized spacial score (nSPS) is 9.88. The number of carboxylic acids is 1. The zero-order valence-electron chi connectivity index (χ0n) is 9.04. The minimum absolute atomic E-state index is 0.220. The Labute approximate surface area is 98.5 Å². The lowest BCUT2D eigenvalue weighted by atomic mass is 10.2. The molecule has 0 aliphatic carbocycles. The summed E-state index contributed by atoms with van der Waals surface area (Å²) in [5.74, 6) is -0.416. The third-order valence-corrected chi connectivity index (χ3v) is 2.24. The van der Waals surface area contributed by atoms with Crippen molar-refractivity contribution in [2.75, 3.05) is 0 Å². The van der Waals surface area contributed by atoms with Crippen LogP contribution in [0.1, 0.15) is 15.9 Å². The van der Waals surface area contributed by atoms with E-state index in [-0.39, 0.29) is 5.56 Å². The minimum atomic E-state index is -0.959. The lowest BCUT2D eigenvalue weighted by Gasteiger charge is -2.06. The largest absolute Gasteiger partial charge is 0.489 e. The SMILES string of the molecule is O=C(O)c1cccc(OCc2ccncc2)c1. The topological polar surface area (TPSA) is 59.4 Å². The van der Waals surface area contributed by atoms with Gasteiger partial charge < -0.3 is 9.84 Å². The number of rotatable bonds is 4. The fraction of sp³-hybridized carbons (Fsp3) is 0.0769. The standard InChI is InChI=1S/C13H11NO3/c15-13(16)11-2-1-3-12(8-11)17-9-10-4-6-14-7-5-10/h1-8H,9H2,(H,15,16). The summed E-state index contributed by atoms with van der Waals surface area (Å²) in [5, 5.41) is 8.83. The van der Waals surface area contributed by atoms with Crippen molar-refractivity contribution in [3.8, 4) is 5.75 Å². The molecule has 2 aromatic rings. The van der Waals surface area contributed by atoms with E-state index in [1.54, 1.807) is 24.5 Å². The van der Waals surface area contributed by atoms with Gasteiger partial charge in [-0.25, -0.2) is 4.79 Å². The predicted molar refractivity (Wildman–Crippen MR) is 62.0 cm³/mol. The molecular weight excluding hydrogens is 218 g/mol. The van der Waals surface area contributed by atoms with Gasteiger partial charge in [0, 0.05) is 12.4 Å². The van der Waals surface area contributed by atoms with Crippen molar-refractivity contribution in [2.24, 2.45) is 0 Å². The Bertz CT molecular complexity index is 511. The van der Waals surface area contributed by atoms with Crippen LogP contribution in [0.3, 0.4) is 0 Å². The molecule has 86 valence electrons. The van der Waals surface area contributed by atoms with Gasteiger partial charge in [-0.2, -0.15) is 0 Å². The molecule has 0 atom stereocenters. The molecule has 4 nitrogen and oxygen atoms in total. The molecule has 0 aliphatic rings. The second-order valence-electron chi connectivity index (χ2n) is 3.48. The summed E-state index contributed by atoms with van der Waals surface area (Å²) in [6, 6.07) is 10.1.